The zero-order valence-electron chi connectivity index (χ0n) is 10.7. The number of aliphatic hydroxyl groups is 1. The molecule has 19 heavy (non-hydrogen) atoms. The number of benzene rings is 1. The maximum absolute atomic E-state index is 12.2. The van der Waals surface area contributed by atoms with Gasteiger partial charge in [-0.05, 0) is 30.9 Å². The van der Waals surface area contributed by atoms with Gasteiger partial charge in [-0.3, -0.25) is 0 Å². The van der Waals surface area contributed by atoms with E-state index in [0.29, 0.717) is 12.2 Å². The smallest absolute Gasteiger partial charge is 0.241 e. The Hall–Kier alpha value is -0.950. The third-order valence-corrected chi connectivity index (χ3v) is 4.73. The van der Waals surface area contributed by atoms with Crippen LogP contribution in [0.1, 0.15) is 24.8 Å². The highest BCUT2D eigenvalue weighted by molar-refractivity contribution is 7.89. The molecule has 5 nitrogen and oxygen atoms in total. The van der Waals surface area contributed by atoms with Gasteiger partial charge in [0.05, 0.1) is 17.6 Å². The molecule has 2 N–H and O–H groups in total. The third-order valence-electron chi connectivity index (χ3n) is 3.21. The fourth-order valence-electron chi connectivity index (χ4n) is 2.15. The first-order valence-corrected chi connectivity index (χ1v) is 7.92. The Bertz CT molecular complexity index is 509. The topological polar surface area (TPSA) is 75.6 Å². The number of aliphatic hydroxyl groups excluding tert-OH is 1. The number of rotatable bonds is 5. The van der Waals surface area contributed by atoms with E-state index < -0.39 is 10.0 Å². The summed E-state index contributed by atoms with van der Waals surface area (Å²) in [6, 6.07) is 6.45. The minimum absolute atomic E-state index is 0.0511. The molecule has 6 heteroatoms. The Kier molecular flexibility index (Phi) is 4.93. The third kappa shape index (κ3) is 3.76. The van der Waals surface area contributed by atoms with Crippen LogP contribution in [0.5, 0.6) is 0 Å². The summed E-state index contributed by atoms with van der Waals surface area (Å²) in [5.41, 5.74) is 0.402. The molecular weight excluding hydrogens is 266 g/mol. The van der Waals surface area contributed by atoms with Gasteiger partial charge in [0.1, 0.15) is 0 Å². The molecule has 2 rings (SSSR count). The van der Waals surface area contributed by atoms with Crippen LogP contribution in [0, 0.1) is 0 Å². The van der Waals surface area contributed by atoms with Crippen molar-refractivity contribution in [2.75, 3.05) is 13.2 Å². The van der Waals surface area contributed by atoms with Crippen molar-refractivity contribution in [3.05, 3.63) is 29.8 Å². The first-order chi connectivity index (χ1) is 9.13. The summed E-state index contributed by atoms with van der Waals surface area (Å²) < 4.78 is 32.4. The number of ether oxygens (including phenoxy) is 1. The zero-order valence-corrected chi connectivity index (χ0v) is 11.5. The van der Waals surface area contributed by atoms with E-state index in [-0.39, 0.29) is 24.2 Å². The van der Waals surface area contributed by atoms with Crippen molar-refractivity contribution in [1.29, 1.82) is 0 Å². The van der Waals surface area contributed by atoms with E-state index in [9.17, 15) is 13.5 Å². The van der Waals surface area contributed by atoms with Gasteiger partial charge in [-0.25, -0.2) is 13.1 Å². The first kappa shape index (κ1) is 14.5. The van der Waals surface area contributed by atoms with Gasteiger partial charge >= 0.3 is 0 Å². The van der Waals surface area contributed by atoms with Crippen LogP contribution in [0.2, 0.25) is 0 Å². The lowest BCUT2D eigenvalue weighted by Gasteiger charge is -2.22. The maximum Gasteiger partial charge on any atom is 0.241 e. The van der Waals surface area contributed by atoms with E-state index in [2.05, 4.69) is 4.72 Å². The van der Waals surface area contributed by atoms with Crippen LogP contribution >= 0.6 is 0 Å². The molecule has 1 fully saturated rings. The average Bonchev–Trinajstić information content (AvgIpc) is 2.46. The standard InChI is InChI=1S/C13H19NO4S/c15-10-11-5-1-2-7-13(11)19(16,17)14-9-12-6-3-4-8-18-12/h1-2,5,7,12,14-15H,3-4,6,8-10H2. The van der Waals surface area contributed by atoms with E-state index >= 15 is 0 Å². The van der Waals surface area contributed by atoms with Crippen molar-refractivity contribution in [2.24, 2.45) is 0 Å². The van der Waals surface area contributed by atoms with E-state index in [1.54, 1.807) is 18.2 Å². The van der Waals surface area contributed by atoms with Gasteiger partial charge in [0.2, 0.25) is 10.0 Å². The molecule has 0 spiro atoms. The van der Waals surface area contributed by atoms with Crippen LogP contribution in [0.3, 0.4) is 0 Å². The second kappa shape index (κ2) is 6.47. The van der Waals surface area contributed by atoms with Crippen LogP contribution in [-0.2, 0) is 21.4 Å². The first-order valence-electron chi connectivity index (χ1n) is 6.43. The summed E-state index contributed by atoms with van der Waals surface area (Å²) in [6.07, 6.45) is 2.94. The van der Waals surface area contributed by atoms with Gasteiger partial charge in [0.25, 0.3) is 0 Å². The highest BCUT2D eigenvalue weighted by atomic mass is 32.2. The van der Waals surface area contributed by atoms with Crippen molar-refractivity contribution < 1.29 is 18.3 Å². The number of nitrogens with one attached hydrogen (secondary N) is 1. The second-order valence-electron chi connectivity index (χ2n) is 4.61. The molecule has 0 aliphatic carbocycles. The van der Waals surface area contributed by atoms with Crippen LogP contribution in [-0.4, -0.2) is 32.8 Å². The molecule has 1 atom stereocenters. The number of hydrogen-bond acceptors (Lipinski definition) is 4. The summed E-state index contributed by atoms with van der Waals surface area (Å²) in [5, 5.41) is 9.18. The Morgan fingerprint density at radius 2 is 2.11 bits per heavy atom. The van der Waals surface area contributed by atoms with Crippen molar-refractivity contribution in [3.8, 4) is 0 Å². The summed E-state index contributed by atoms with van der Waals surface area (Å²) in [5.74, 6) is 0. The molecule has 1 aliphatic rings. The van der Waals surface area contributed by atoms with Gasteiger partial charge in [-0.1, -0.05) is 18.2 Å². The Labute approximate surface area is 113 Å². The summed E-state index contributed by atoms with van der Waals surface area (Å²) >= 11 is 0. The highest BCUT2D eigenvalue weighted by Crippen LogP contribution is 2.16. The van der Waals surface area contributed by atoms with Crippen LogP contribution in [0.25, 0.3) is 0 Å². The predicted molar refractivity (Wildman–Crippen MR) is 71.1 cm³/mol. The minimum Gasteiger partial charge on any atom is -0.392 e. The molecule has 0 radical (unpaired) electrons. The lowest BCUT2D eigenvalue weighted by molar-refractivity contribution is 0.0200. The molecule has 0 bridgehead atoms. The average molecular weight is 285 g/mol. The molecule has 1 aromatic carbocycles. The maximum atomic E-state index is 12.2. The molecule has 0 aromatic heterocycles. The van der Waals surface area contributed by atoms with E-state index in [1.165, 1.54) is 6.07 Å². The van der Waals surface area contributed by atoms with Crippen molar-refractivity contribution >= 4 is 10.0 Å². The summed E-state index contributed by atoms with van der Waals surface area (Å²) in [6.45, 7) is 0.679. The normalized spacial score (nSPS) is 20.4. The molecule has 106 valence electrons. The Morgan fingerprint density at radius 1 is 1.32 bits per heavy atom. The highest BCUT2D eigenvalue weighted by Gasteiger charge is 2.21. The minimum atomic E-state index is -3.59. The molecule has 1 saturated heterocycles. The summed E-state index contributed by atoms with van der Waals surface area (Å²) in [7, 11) is -3.59. The van der Waals surface area contributed by atoms with Gasteiger partial charge < -0.3 is 9.84 Å². The van der Waals surface area contributed by atoms with Crippen LogP contribution in [0.15, 0.2) is 29.2 Å². The Balaban J connectivity index is 2.05. The number of hydrogen-bond donors (Lipinski definition) is 2. The predicted octanol–water partition coefficient (Wildman–Crippen LogP) is 1.03. The molecule has 1 aliphatic heterocycles. The molecule has 0 amide bonds. The molecular formula is C13H19NO4S. The number of sulfonamides is 1. The zero-order chi connectivity index (χ0) is 13.7. The lowest BCUT2D eigenvalue weighted by Crippen LogP contribution is -2.35. The van der Waals surface area contributed by atoms with Gasteiger partial charge in [-0.2, -0.15) is 0 Å². The van der Waals surface area contributed by atoms with E-state index in [1.807, 2.05) is 0 Å². The van der Waals surface area contributed by atoms with Gasteiger partial charge in [-0.15, -0.1) is 0 Å². The molecule has 0 saturated carbocycles. The fourth-order valence-corrected chi connectivity index (χ4v) is 3.44. The quantitative estimate of drug-likeness (QED) is 0.847. The summed E-state index contributed by atoms with van der Waals surface area (Å²) in [4.78, 5) is 0.133. The van der Waals surface area contributed by atoms with E-state index in [0.717, 1.165) is 19.3 Å². The van der Waals surface area contributed by atoms with Crippen molar-refractivity contribution in [3.63, 3.8) is 0 Å². The fraction of sp³-hybridized carbons (Fsp3) is 0.538. The van der Waals surface area contributed by atoms with Crippen LogP contribution < -0.4 is 4.72 Å². The van der Waals surface area contributed by atoms with Crippen molar-refractivity contribution in [1.82, 2.24) is 4.72 Å². The second-order valence-corrected chi connectivity index (χ2v) is 6.34. The molecule has 1 heterocycles. The SMILES string of the molecule is O=S(=O)(NCC1CCCCO1)c1ccccc1CO. The van der Waals surface area contributed by atoms with Crippen molar-refractivity contribution in [2.45, 2.75) is 36.9 Å². The van der Waals surface area contributed by atoms with E-state index in [4.69, 9.17) is 4.74 Å². The molecule has 1 unspecified atom stereocenters. The van der Waals surface area contributed by atoms with Gasteiger partial charge in [0, 0.05) is 13.2 Å². The Morgan fingerprint density at radius 3 is 2.79 bits per heavy atom. The van der Waals surface area contributed by atoms with Crippen LogP contribution in [0.4, 0.5) is 0 Å². The lowest BCUT2D eigenvalue weighted by atomic mass is 10.1. The van der Waals surface area contributed by atoms with Gasteiger partial charge in [0.15, 0.2) is 0 Å². The largest absolute Gasteiger partial charge is 0.392 e. The molecule has 1 aromatic rings. The monoisotopic (exact) mass is 285 g/mol.